The van der Waals surface area contributed by atoms with Crippen LogP contribution in [0.15, 0.2) is 48.5 Å². The van der Waals surface area contributed by atoms with Crippen LogP contribution in [-0.4, -0.2) is 41.8 Å². The third-order valence-electron chi connectivity index (χ3n) is 6.66. The van der Waals surface area contributed by atoms with Gasteiger partial charge in [-0.1, -0.05) is 48.5 Å². The second kappa shape index (κ2) is 9.87. The zero-order valence-electron chi connectivity index (χ0n) is 19.7. The maximum atomic E-state index is 12.5. The fraction of sp³-hybridized carbons (Fsp3) is 0.444. The molecule has 34 heavy (non-hydrogen) atoms. The minimum absolute atomic E-state index is 0.000349. The Balaban J connectivity index is 1.29. The topological polar surface area (TPSA) is 105 Å². The second-order valence-electron chi connectivity index (χ2n) is 10.0. The first-order chi connectivity index (χ1) is 16.2. The fourth-order valence-electron chi connectivity index (χ4n) is 4.93. The normalized spacial score (nSPS) is 15.7. The molecule has 7 heteroatoms. The summed E-state index contributed by atoms with van der Waals surface area (Å²) in [5.41, 5.74) is 3.86. The van der Waals surface area contributed by atoms with Crippen LogP contribution in [0.25, 0.3) is 11.1 Å². The van der Waals surface area contributed by atoms with E-state index in [1.165, 1.54) is 11.1 Å². The maximum absolute atomic E-state index is 12.5. The molecule has 0 spiro atoms. The molecule has 0 bridgehead atoms. The van der Waals surface area contributed by atoms with E-state index in [9.17, 15) is 14.4 Å². The van der Waals surface area contributed by atoms with Crippen LogP contribution in [0.4, 0.5) is 4.79 Å². The standard InChI is InChI=1S/C27H32N2O5/c1-27(2,14-25(31)32)29-24(30)13-18(17-11-12-17)15-28-26(33)34-16-23-21-9-5-3-7-19(21)20-8-4-6-10-22(20)23/h3-10,17-18,23H,11-16H2,1-2H3,(H,28,33)(H,29,30)(H,31,32). The second-order valence-corrected chi connectivity index (χ2v) is 10.0. The molecule has 1 unspecified atom stereocenters. The number of alkyl carbamates (subject to hydrolysis) is 1. The van der Waals surface area contributed by atoms with Crippen molar-refractivity contribution in [2.45, 2.75) is 51.0 Å². The van der Waals surface area contributed by atoms with Crippen LogP contribution in [0, 0.1) is 11.8 Å². The van der Waals surface area contributed by atoms with Crippen LogP contribution in [0.3, 0.4) is 0 Å². The van der Waals surface area contributed by atoms with E-state index in [0.29, 0.717) is 12.5 Å². The molecule has 2 aliphatic rings. The van der Waals surface area contributed by atoms with E-state index in [4.69, 9.17) is 9.84 Å². The summed E-state index contributed by atoms with van der Waals surface area (Å²) in [6, 6.07) is 16.4. The Labute approximate surface area is 199 Å². The number of fused-ring (bicyclic) bond motifs is 3. The molecule has 0 aliphatic heterocycles. The molecule has 0 saturated heterocycles. The summed E-state index contributed by atoms with van der Waals surface area (Å²) in [6.07, 6.45) is 1.67. The van der Waals surface area contributed by atoms with Gasteiger partial charge in [-0.15, -0.1) is 0 Å². The molecule has 1 atom stereocenters. The molecule has 2 amide bonds. The Bertz CT molecular complexity index is 1030. The molecular weight excluding hydrogens is 432 g/mol. The van der Waals surface area contributed by atoms with Crippen LogP contribution in [-0.2, 0) is 14.3 Å². The summed E-state index contributed by atoms with van der Waals surface area (Å²) in [5.74, 6) is -0.763. The average molecular weight is 465 g/mol. The van der Waals surface area contributed by atoms with Crippen LogP contribution in [0.2, 0.25) is 0 Å². The van der Waals surface area contributed by atoms with Gasteiger partial charge < -0.3 is 20.5 Å². The monoisotopic (exact) mass is 464 g/mol. The van der Waals surface area contributed by atoms with Crippen molar-refractivity contribution in [2.75, 3.05) is 13.2 Å². The van der Waals surface area contributed by atoms with Gasteiger partial charge in [-0.3, -0.25) is 9.59 Å². The number of nitrogens with one attached hydrogen (secondary N) is 2. The Morgan fingerprint density at radius 2 is 1.62 bits per heavy atom. The van der Waals surface area contributed by atoms with Crippen molar-refractivity contribution < 1.29 is 24.2 Å². The SMILES string of the molecule is CC(C)(CC(=O)O)NC(=O)CC(CNC(=O)OCC1c2ccccc2-c2ccccc21)C1CC1. The number of ether oxygens (including phenoxy) is 1. The minimum atomic E-state index is -0.957. The lowest BCUT2D eigenvalue weighted by Crippen LogP contribution is -2.46. The highest BCUT2D eigenvalue weighted by Crippen LogP contribution is 2.44. The van der Waals surface area contributed by atoms with Crippen molar-refractivity contribution in [1.29, 1.82) is 0 Å². The van der Waals surface area contributed by atoms with Gasteiger partial charge in [0.25, 0.3) is 0 Å². The quantitative estimate of drug-likeness (QED) is 0.486. The number of aliphatic carboxylic acids is 1. The smallest absolute Gasteiger partial charge is 0.407 e. The van der Waals surface area contributed by atoms with Gasteiger partial charge in [-0.2, -0.15) is 0 Å². The maximum Gasteiger partial charge on any atom is 0.407 e. The third-order valence-corrected chi connectivity index (χ3v) is 6.66. The van der Waals surface area contributed by atoms with Crippen molar-refractivity contribution in [3.63, 3.8) is 0 Å². The molecule has 4 rings (SSSR count). The highest BCUT2D eigenvalue weighted by Gasteiger charge is 2.34. The van der Waals surface area contributed by atoms with Gasteiger partial charge in [0.05, 0.1) is 6.42 Å². The molecule has 0 radical (unpaired) electrons. The molecule has 1 saturated carbocycles. The van der Waals surface area contributed by atoms with Crippen LogP contribution < -0.4 is 10.6 Å². The predicted octanol–water partition coefficient (Wildman–Crippen LogP) is 4.31. The van der Waals surface area contributed by atoms with E-state index < -0.39 is 17.6 Å². The number of amides is 2. The molecule has 2 aromatic rings. The van der Waals surface area contributed by atoms with Gasteiger partial charge in [-0.25, -0.2) is 4.79 Å². The highest BCUT2D eigenvalue weighted by molar-refractivity contribution is 5.79. The average Bonchev–Trinajstić information content (AvgIpc) is 3.57. The van der Waals surface area contributed by atoms with Crippen molar-refractivity contribution in [1.82, 2.24) is 10.6 Å². The highest BCUT2D eigenvalue weighted by atomic mass is 16.5. The van der Waals surface area contributed by atoms with Crippen LogP contribution in [0.1, 0.15) is 56.6 Å². The van der Waals surface area contributed by atoms with Gasteiger partial charge in [0.1, 0.15) is 6.61 Å². The molecule has 1 fully saturated rings. The first kappa shape index (κ1) is 23.8. The largest absolute Gasteiger partial charge is 0.481 e. The number of carboxylic acids is 1. The Morgan fingerprint density at radius 1 is 1.03 bits per heavy atom. The van der Waals surface area contributed by atoms with Gasteiger partial charge in [0, 0.05) is 24.4 Å². The number of benzene rings is 2. The molecule has 3 N–H and O–H groups in total. The Morgan fingerprint density at radius 3 is 2.18 bits per heavy atom. The van der Waals surface area contributed by atoms with Crippen molar-refractivity contribution in [3.8, 4) is 11.1 Å². The van der Waals surface area contributed by atoms with E-state index in [-0.39, 0.29) is 37.2 Å². The summed E-state index contributed by atoms with van der Waals surface area (Å²) >= 11 is 0. The van der Waals surface area contributed by atoms with E-state index in [1.807, 2.05) is 24.3 Å². The number of hydrogen-bond donors (Lipinski definition) is 3. The van der Waals surface area contributed by atoms with Crippen molar-refractivity contribution in [2.24, 2.45) is 11.8 Å². The number of hydrogen-bond acceptors (Lipinski definition) is 4. The van der Waals surface area contributed by atoms with E-state index >= 15 is 0 Å². The lowest BCUT2D eigenvalue weighted by Gasteiger charge is -2.26. The Hall–Kier alpha value is -3.35. The molecule has 7 nitrogen and oxygen atoms in total. The van der Waals surface area contributed by atoms with Crippen molar-refractivity contribution in [3.05, 3.63) is 59.7 Å². The number of rotatable bonds is 10. The minimum Gasteiger partial charge on any atom is -0.481 e. The summed E-state index contributed by atoms with van der Waals surface area (Å²) in [7, 11) is 0. The van der Waals surface area contributed by atoms with E-state index in [2.05, 4.69) is 34.9 Å². The zero-order valence-corrected chi connectivity index (χ0v) is 19.7. The van der Waals surface area contributed by atoms with Crippen molar-refractivity contribution >= 4 is 18.0 Å². The first-order valence-corrected chi connectivity index (χ1v) is 11.8. The number of carboxylic acid groups (broad SMARTS) is 1. The zero-order chi connectivity index (χ0) is 24.3. The summed E-state index contributed by atoms with van der Waals surface area (Å²) < 4.78 is 5.60. The van der Waals surface area contributed by atoms with Gasteiger partial charge in [0.15, 0.2) is 0 Å². The lowest BCUT2D eigenvalue weighted by atomic mass is 9.96. The van der Waals surface area contributed by atoms with Gasteiger partial charge in [0.2, 0.25) is 5.91 Å². The third kappa shape index (κ3) is 5.76. The lowest BCUT2D eigenvalue weighted by molar-refractivity contribution is -0.138. The number of carbonyl (C=O) groups excluding carboxylic acids is 2. The molecule has 180 valence electrons. The summed E-state index contributed by atoms with van der Waals surface area (Å²) in [6.45, 7) is 3.99. The molecule has 2 aliphatic carbocycles. The summed E-state index contributed by atoms with van der Waals surface area (Å²) in [5, 5.41) is 14.7. The molecule has 0 aromatic heterocycles. The van der Waals surface area contributed by atoms with Crippen LogP contribution in [0.5, 0.6) is 0 Å². The fourth-order valence-corrected chi connectivity index (χ4v) is 4.93. The molecule has 2 aromatic carbocycles. The predicted molar refractivity (Wildman–Crippen MR) is 128 cm³/mol. The number of carbonyl (C=O) groups is 3. The van der Waals surface area contributed by atoms with E-state index in [1.54, 1.807) is 13.8 Å². The van der Waals surface area contributed by atoms with Crippen LogP contribution >= 0.6 is 0 Å². The van der Waals surface area contributed by atoms with E-state index in [0.717, 1.165) is 24.0 Å². The first-order valence-electron chi connectivity index (χ1n) is 11.8. The molecular formula is C27H32N2O5. The Kier molecular flexibility index (Phi) is 6.91. The van der Waals surface area contributed by atoms with Gasteiger partial charge >= 0.3 is 12.1 Å². The summed E-state index contributed by atoms with van der Waals surface area (Å²) in [4.78, 5) is 36.0. The van der Waals surface area contributed by atoms with Gasteiger partial charge in [-0.05, 0) is 60.8 Å². The molecule has 0 heterocycles.